The zero-order valence-corrected chi connectivity index (χ0v) is 8.55. The molecule has 68 valence electrons. The van der Waals surface area contributed by atoms with E-state index in [-0.39, 0.29) is 0 Å². The second kappa shape index (κ2) is 2.58. The van der Waals surface area contributed by atoms with E-state index in [1.54, 1.807) is 24.3 Å². The number of hydrogen-bond donors (Lipinski definition) is 1. The molecule has 0 atom stereocenters. The molecule has 1 aliphatic heterocycles. The number of fused-ring (bicyclic) bond motifs is 1. The van der Waals surface area contributed by atoms with E-state index in [4.69, 9.17) is 5.73 Å². The Morgan fingerprint density at radius 2 is 2.08 bits per heavy atom. The van der Waals surface area contributed by atoms with Crippen molar-refractivity contribution in [3.63, 3.8) is 0 Å². The minimum absolute atomic E-state index is 0.508. The fraction of sp³-hybridized carbons (Fsp3) is 0. The molecule has 5 heteroatoms. The van der Waals surface area contributed by atoms with Gasteiger partial charge in [0.1, 0.15) is 0 Å². The number of nitrogens with two attached hydrogens (primary N) is 1. The molecule has 0 unspecified atom stereocenters. The summed E-state index contributed by atoms with van der Waals surface area (Å²) in [4.78, 5) is 10.2. The number of carbonyl (C=O) groups is 1. The first kappa shape index (κ1) is 8.29. The summed E-state index contributed by atoms with van der Waals surface area (Å²) >= 11 is -3.98. The molecule has 1 aromatic rings. The first-order chi connectivity index (χ1) is 6.14. The van der Waals surface area contributed by atoms with Crippen LogP contribution >= 0.6 is 0 Å². The van der Waals surface area contributed by atoms with Crippen molar-refractivity contribution in [2.75, 3.05) is 0 Å². The third-order valence-electron chi connectivity index (χ3n) is 1.92. The van der Waals surface area contributed by atoms with Crippen molar-refractivity contribution in [1.29, 1.82) is 0 Å². The van der Waals surface area contributed by atoms with E-state index in [0.717, 1.165) is 5.56 Å². The van der Waals surface area contributed by atoms with Gasteiger partial charge in [-0.3, -0.25) is 0 Å². The number of benzene rings is 1. The monoisotopic (exact) mass is 244 g/mol. The molecule has 13 heavy (non-hydrogen) atoms. The molecule has 1 amide bonds. The molecule has 1 heterocycles. The first-order valence-corrected chi connectivity index (χ1v) is 7.18. The summed E-state index contributed by atoms with van der Waals surface area (Å²) in [5.74, 6) is 0. The summed E-state index contributed by atoms with van der Waals surface area (Å²) in [6.45, 7) is 0. The van der Waals surface area contributed by atoms with Crippen molar-refractivity contribution >= 4 is 28.5 Å². The third kappa shape index (κ3) is 1.05. The van der Waals surface area contributed by atoms with Gasteiger partial charge in [0.15, 0.2) is 0 Å². The van der Waals surface area contributed by atoms with Crippen molar-refractivity contribution in [2.24, 2.45) is 9.74 Å². The quantitative estimate of drug-likeness (QED) is 0.681. The maximum absolute atomic E-state index is 11.9. The van der Waals surface area contributed by atoms with Gasteiger partial charge in [-0.25, -0.2) is 0 Å². The van der Waals surface area contributed by atoms with E-state index in [1.165, 1.54) is 6.21 Å². The molecular weight excluding hydrogens is 235 g/mol. The van der Waals surface area contributed by atoms with E-state index >= 15 is 0 Å². The number of hydrogen-bond acceptors (Lipinski definition) is 2. The SMILES string of the molecule is NC(=O)[SeH]1(=O)N=Cc2ccccc21. The van der Waals surface area contributed by atoms with Crippen LogP contribution in [0.5, 0.6) is 0 Å². The standard InChI is InChI=1S/C8H8N2O2Se/c9-8(11)13(12)7-4-2-1-3-6(7)5-10-13/h1-5,13H,(H2,9,11). The van der Waals surface area contributed by atoms with Crippen LogP contribution < -0.4 is 10.2 Å². The van der Waals surface area contributed by atoms with E-state index in [2.05, 4.69) is 4.01 Å². The predicted octanol–water partition coefficient (Wildman–Crippen LogP) is -0.409. The van der Waals surface area contributed by atoms with Gasteiger partial charge < -0.3 is 0 Å². The zero-order valence-electron chi connectivity index (χ0n) is 6.68. The van der Waals surface area contributed by atoms with Gasteiger partial charge in [-0.2, -0.15) is 0 Å². The molecule has 0 fully saturated rings. The Labute approximate surface area is 77.1 Å². The summed E-state index contributed by atoms with van der Waals surface area (Å²) < 4.78 is 16.2. The van der Waals surface area contributed by atoms with Crippen LogP contribution in [0.4, 0.5) is 4.79 Å². The Morgan fingerprint density at radius 3 is 2.77 bits per heavy atom. The second-order valence-electron chi connectivity index (χ2n) is 2.72. The topological polar surface area (TPSA) is 72.5 Å². The molecule has 0 saturated heterocycles. The second-order valence-corrected chi connectivity index (χ2v) is 7.55. The van der Waals surface area contributed by atoms with Crippen molar-refractivity contribution in [1.82, 2.24) is 0 Å². The Balaban J connectivity index is 2.69. The third-order valence-corrected chi connectivity index (χ3v) is 6.32. The van der Waals surface area contributed by atoms with Crippen LogP contribution in [0.3, 0.4) is 0 Å². The first-order valence-electron chi connectivity index (χ1n) is 3.70. The van der Waals surface area contributed by atoms with Crippen molar-refractivity contribution < 1.29 is 8.63 Å². The van der Waals surface area contributed by atoms with Crippen LogP contribution in [-0.4, -0.2) is 24.0 Å². The molecule has 1 aliphatic rings. The van der Waals surface area contributed by atoms with Crippen molar-refractivity contribution in [2.45, 2.75) is 0 Å². The Kier molecular flexibility index (Phi) is 1.65. The summed E-state index contributed by atoms with van der Waals surface area (Å²) in [5, 5.41) is 0. The molecule has 2 rings (SSSR count). The number of carbonyl (C=O) groups excluding carboxylic acids is 1. The molecule has 0 aliphatic carbocycles. The van der Waals surface area contributed by atoms with Gasteiger partial charge >= 0.3 is 76.7 Å². The fourth-order valence-electron chi connectivity index (χ4n) is 1.25. The molecule has 0 radical (unpaired) electrons. The number of rotatable bonds is 1. The summed E-state index contributed by atoms with van der Waals surface area (Å²) in [6.07, 6.45) is 1.46. The Bertz CT molecular complexity index is 453. The van der Waals surface area contributed by atoms with Gasteiger partial charge in [0, 0.05) is 0 Å². The number of primary amides is 1. The minimum atomic E-state index is -3.98. The Hall–Kier alpha value is -1.32. The van der Waals surface area contributed by atoms with Gasteiger partial charge in [0.25, 0.3) is 0 Å². The normalized spacial score (nSPS) is 19.4. The van der Waals surface area contributed by atoms with Crippen LogP contribution in [0.25, 0.3) is 0 Å². The number of amides is 1. The van der Waals surface area contributed by atoms with Crippen LogP contribution in [0.15, 0.2) is 28.3 Å². The van der Waals surface area contributed by atoms with E-state index in [9.17, 15) is 8.63 Å². The maximum atomic E-state index is 11.9. The summed E-state index contributed by atoms with van der Waals surface area (Å²) in [7, 11) is 0. The average Bonchev–Trinajstić information content (AvgIpc) is 2.47. The van der Waals surface area contributed by atoms with Gasteiger partial charge in [0.05, 0.1) is 0 Å². The molecule has 0 bridgehead atoms. The summed E-state index contributed by atoms with van der Waals surface area (Å²) in [6, 6.07) is 6.94. The zero-order chi connectivity index (χ0) is 9.47. The van der Waals surface area contributed by atoms with Crippen molar-refractivity contribution in [3.8, 4) is 0 Å². The van der Waals surface area contributed by atoms with Crippen molar-refractivity contribution in [3.05, 3.63) is 29.8 Å². The van der Waals surface area contributed by atoms with E-state index in [0.29, 0.717) is 4.46 Å². The van der Waals surface area contributed by atoms with Gasteiger partial charge in [-0.1, -0.05) is 0 Å². The molecule has 0 spiro atoms. The van der Waals surface area contributed by atoms with Crippen LogP contribution in [0, 0.1) is 0 Å². The average molecular weight is 243 g/mol. The fourth-order valence-corrected chi connectivity index (χ4v) is 4.47. The molecule has 2 N–H and O–H groups in total. The molecular formula is C8H8N2O2Se. The molecule has 1 aromatic carbocycles. The molecule has 0 aromatic heterocycles. The van der Waals surface area contributed by atoms with Gasteiger partial charge in [0.2, 0.25) is 0 Å². The molecule has 0 saturated carbocycles. The number of nitrogens with zero attached hydrogens (tertiary/aromatic N) is 1. The van der Waals surface area contributed by atoms with Crippen LogP contribution in [0.1, 0.15) is 5.56 Å². The van der Waals surface area contributed by atoms with Gasteiger partial charge in [-0.05, 0) is 0 Å². The van der Waals surface area contributed by atoms with E-state index < -0.39 is 17.8 Å². The van der Waals surface area contributed by atoms with Crippen LogP contribution in [0.2, 0.25) is 0 Å². The van der Waals surface area contributed by atoms with Gasteiger partial charge in [-0.15, -0.1) is 0 Å². The van der Waals surface area contributed by atoms with Crippen LogP contribution in [-0.2, 0) is 3.83 Å². The Morgan fingerprint density at radius 1 is 1.38 bits per heavy atom. The van der Waals surface area contributed by atoms with E-state index in [1.807, 2.05) is 0 Å². The summed E-state index contributed by atoms with van der Waals surface area (Å²) in [5.41, 5.74) is 5.80. The molecule has 4 nitrogen and oxygen atoms in total. The predicted molar refractivity (Wildman–Crippen MR) is 51.1 cm³/mol.